The third kappa shape index (κ3) is 4.96. The molecule has 6 nitrogen and oxygen atoms in total. The number of rotatable bonds is 4. The molecule has 0 bridgehead atoms. The number of nitrogens with zero attached hydrogens (tertiary/aromatic N) is 2. The molecule has 24 heavy (non-hydrogen) atoms. The fraction of sp³-hybridized carbons (Fsp3) is 0.556. The van der Waals surface area contributed by atoms with Gasteiger partial charge in [-0.15, -0.1) is 0 Å². The zero-order chi connectivity index (χ0) is 17.7. The monoisotopic (exact) mass is 333 g/mol. The average Bonchev–Trinajstić information content (AvgIpc) is 2.53. The summed E-state index contributed by atoms with van der Waals surface area (Å²) >= 11 is 0. The van der Waals surface area contributed by atoms with E-state index in [1.165, 1.54) is 4.90 Å². The van der Waals surface area contributed by atoms with Gasteiger partial charge >= 0.3 is 0 Å². The molecule has 1 N–H and O–H groups in total. The van der Waals surface area contributed by atoms with Crippen LogP contribution in [-0.4, -0.2) is 62.1 Å². The van der Waals surface area contributed by atoms with Crippen molar-refractivity contribution < 1.29 is 14.3 Å². The Morgan fingerprint density at radius 1 is 1.21 bits per heavy atom. The molecule has 1 saturated heterocycles. The van der Waals surface area contributed by atoms with Gasteiger partial charge in [0.05, 0.1) is 25.3 Å². The molecule has 0 atom stereocenters. The maximum Gasteiger partial charge on any atom is 0.256 e. The van der Waals surface area contributed by atoms with Crippen molar-refractivity contribution >= 4 is 17.5 Å². The molecule has 0 unspecified atom stereocenters. The predicted octanol–water partition coefficient (Wildman–Crippen LogP) is 1.51. The van der Waals surface area contributed by atoms with E-state index in [-0.39, 0.29) is 23.9 Å². The Hall–Kier alpha value is -2.08. The summed E-state index contributed by atoms with van der Waals surface area (Å²) in [5.41, 5.74) is 1.20. The number of amides is 2. The summed E-state index contributed by atoms with van der Waals surface area (Å²) in [5, 5.41) is 2.87. The van der Waals surface area contributed by atoms with E-state index < -0.39 is 0 Å². The summed E-state index contributed by atoms with van der Waals surface area (Å²) in [6.07, 6.45) is 0. The molecule has 1 aliphatic rings. The SMILES string of the molecule is CN(CC(=O)NC(C)(C)C)C(=O)c1ccccc1N1CCOCC1. The highest BCUT2D eigenvalue weighted by molar-refractivity contribution is 6.01. The smallest absolute Gasteiger partial charge is 0.256 e. The number of likely N-dealkylation sites (N-methyl/N-ethyl adjacent to an activating group) is 1. The number of ether oxygens (including phenoxy) is 1. The van der Waals surface area contributed by atoms with E-state index in [4.69, 9.17) is 4.74 Å². The number of anilines is 1. The zero-order valence-electron chi connectivity index (χ0n) is 15.0. The fourth-order valence-electron chi connectivity index (χ4n) is 2.69. The standard InChI is InChI=1S/C18H27N3O3/c1-18(2,3)19-16(22)13-20(4)17(23)14-7-5-6-8-15(14)21-9-11-24-12-10-21/h5-8H,9-13H2,1-4H3,(H,19,22). The number of hydrogen-bond acceptors (Lipinski definition) is 4. The van der Waals surface area contributed by atoms with Crippen LogP contribution in [-0.2, 0) is 9.53 Å². The van der Waals surface area contributed by atoms with E-state index in [1.807, 2.05) is 45.0 Å². The summed E-state index contributed by atoms with van der Waals surface area (Å²) in [6, 6.07) is 7.53. The van der Waals surface area contributed by atoms with Gasteiger partial charge in [0.15, 0.2) is 0 Å². The lowest BCUT2D eigenvalue weighted by molar-refractivity contribution is -0.122. The summed E-state index contributed by atoms with van der Waals surface area (Å²) in [6.45, 7) is 8.63. The molecule has 1 aliphatic heterocycles. The van der Waals surface area contributed by atoms with Gasteiger partial charge in [-0.2, -0.15) is 0 Å². The predicted molar refractivity (Wildman–Crippen MR) is 94.3 cm³/mol. The molecule has 0 saturated carbocycles. The third-order valence-electron chi connectivity index (χ3n) is 3.73. The maximum atomic E-state index is 12.8. The number of carbonyl (C=O) groups is 2. The molecule has 1 fully saturated rings. The van der Waals surface area contributed by atoms with Crippen molar-refractivity contribution in [2.75, 3.05) is 44.8 Å². The maximum absolute atomic E-state index is 12.8. The second-order valence-corrected chi connectivity index (χ2v) is 7.08. The minimum Gasteiger partial charge on any atom is -0.378 e. The van der Waals surface area contributed by atoms with E-state index in [0.29, 0.717) is 18.8 Å². The van der Waals surface area contributed by atoms with Crippen LogP contribution < -0.4 is 10.2 Å². The van der Waals surface area contributed by atoms with Crippen molar-refractivity contribution in [1.29, 1.82) is 0 Å². The number of hydrogen-bond donors (Lipinski definition) is 1. The number of para-hydroxylation sites is 1. The van der Waals surface area contributed by atoms with Gasteiger partial charge in [-0.25, -0.2) is 0 Å². The van der Waals surface area contributed by atoms with Gasteiger partial charge < -0.3 is 19.9 Å². The summed E-state index contributed by atoms with van der Waals surface area (Å²) in [5.74, 6) is -0.316. The third-order valence-corrected chi connectivity index (χ3v) is 3.73. The molecule has 0 aromatic heterocycles. The minimum absolute atomic E-state index is 0.0353. The molecule has 2 amide bonds. The molecular formula is C18H27N3O3. The van der Waals surface area contributed by atoms with E-state index in [1.54, 1.807) is 7.05 Å². The first-order valence-corrected chi connectivity index (χ1v) is 8.26. The molecule has 2 rings (SSSR count). The quantitative estimate of drug-likeness (QED) is 0.907. The lowest BCUT2D eigenvalue weighted by Crippen LogP contribution is -2.46. The number of carbonyl (C=O) groups excluding carboxylic acids is 2. The number of morpholine rings is 1. The molecule has 0 spiro atoms. The van der Waals surface area contributed by atoms with Gasteiger partial charge in [0, 0.05) is 31.4 Å². The molecular weight excluding hydrogens is 306 g/mol. The van der Waals surface area contributed by atoms with Crippen molar-refractivity contribution in [1.82, 2.24) is 10.2 Å². The van der Waals surface area contributed by atoms with Gasteiger partial charge in [0.2, 0.25) is 5.91 Å². The summed E-state index contributed by atoms with van der Waals surface area (Å²) < 4.78 is 5.38. The molecule has 1 heterocycles. The molecule has 6 heteroatoms. The van der Waals surface area contributed by atoms with Crippen LogP contribution in [0.2, 0.25) is 0 Å². The van der Waals surface area contributed by atoms with E-state index in [2.05, 4.69) is 10.2 Å². The first-order valence-electron chi connectivity index (χ1n) is 8.26. The Kier molecular flexibility index (Phi) is 5.83. The second-order valence-electron chi connectivity index (χ2n) is 7.08. The van der Waals surface area contributed by atoms with Gasteiger partial charge in [-0.05, 0) is 32.9 Å². The normalized spacial score (nSPS) is 15.1. The van der Waals surface area contributed by atoms with Crippen molar-refractivity contribution in [2.45, 2.75) is 26.3 Å². The Morgan fingerprint density at radius 3 is 2.46 bits per heavy atom. The zero-order valence-corrected chi connectivity index (χ0v) is 15.0. The molecule has 0 aliphatic carbocycles. The van der Waals surface area contributed by atoms with Crippen LogP contribution in [0.3, 0.4) is 0 Å². The van der Waals surface area contributed by atoms with Gasteiger partial charge in [0.25, 0.3) is 5.91 Å². The Labute approximate surface area is 143 Å². The van der Waals surface area contributed by atoms with Crippen LogP contribution in [0.5, 0.6) is 0 Å². The first kappa shape index (κ1) is 18.3. The van der Waals surface area contributed by atoms with E-state index in [0.717, 1.165) is 18.8 Å². The topological polar surface area (TPSA) is 61.9 Å². The number of benzene rings is 1. The highest BCUT2D eigenvalue weighted by Gasteiger charge is 2.23. The lowest BCUT2D eigenvalue weighted by atomic mass is 10.1. The summed E-state index contributed by atoms with van der Waals surface area (Å²) in [7, 11) is 1.65. The van der Waals surface area contributed by atoms with Crippen molar-refractivity contribution in [2.24, 2.45) is 0 Å². The highest BCUT2D eigenvalue weighted by Crippen LogP contribution is 2.22. The van der Waals surface area contributed by atoms with Crippen molar-refractivity contribution in [3.8, 4) is 0 Å². The van der Waals surface area contributed by atoms with Crippen LogP contribution >= 0.6 is 0 Å². The van der Waals surface area contributed by atoms with E-state index >= 15 is 0 Å². The van der Waals surface area contributed by atoms with Crippen molar-refractivity contribution in [3.05, 3.63) is 29.8 Å². The molecule has 132 valence electrons. The van der Waals surface area contributed by atoms with Gasteiger partial charge in [-0.3, -0.25) is 9.59 Å². The molecule has 0 radical (unpaired) electrons. The summed E-state index contributed by atoms with van der Waals surface area (Å²) in [4.78, 5) is 28.5. The Bertz CT molecular complexity index is 589. The molecule has 1 aromatic rings. The Morgan fingerprint density at radius 2 is 1.83 bits per heavy atom. The van der Waals surface area contributed by atoms with Crippen molar-refractivity contribution in [3.63, 3.8) is 0 Å². The fourth-order valence-corrected chi connectivity index (χ4v) is 2.69. The van der Waals surface area contributed by atoms with Gasteiger partial charge in [-0.1, -0.05) is 12.1 Å². The second kappa shape index (κ2) is 7.66. The van der Waals surface area contributed by atoms with Crippen LogP contribution in [0.4, 0.5) is 5.69 Å². The van der Waals surface area contributed by atoms with Crippen LogP contribution in [0.15, 0.2) is 24.3 Å². The van der Waals surface area contributed by atoms with Crippen LogP contribution in [0.25, 0.3) is 0 Å². The van der Waals surface area contributed by atoms with Crippen LogP contribution in [0.1, 0.15) is 31.1 Å². The van der Waals surface area contributed by atoms with Gasteiger partial charge in [0.1, 0.15) is 0 Å². The lowest BCUT2D eigenvalue weighted by Gasteiger charge is -2.31. The highest BCUT2D eigenvalue weighted by atomic mass is 16.5. The number of nitrogens with one attached hydrogen (secondary N) is 1. The Balaban J connectivity index is 2.10. The average molecular weight is 333 g/mol. The first-order chi connectivity index (χ1) is 11.3. The minimum atomic E-state index is -0.313. The molecule has 1 aromatic carbocycles. The van der Waals surface area contributed by atoms with E-state index in [9.17, 15) is 9.59 Å². The largest absolute Gasteiger partial charge is 0.378 e. The van der Waals surface area contributed by atoms with Crippen LogP contribution in [0, 0.1) is 0 Å².